The second-order valence-corrected chi connectivity index (χ2v) is 4.20. The number of hydrogen-bond donors (Lipinski definition) is 0. The average Bonchev–Trinajstić information content (AvgIpc) is 2.09. The third-order valence-electron chi connectivity index (χ3n) is 1.64. The van der Waals surface area contributed by atoms with Gasteiger partial charge in [-0.05, 0) is 44.4 Å². The topological polar surface area (TPSA) is 22.1 Å². The molecular formula is C9H8Br2FNO. The molecular weight excluding hydrogens is 317 g/mol. The van der Waals surface area contributed by atoms with Gasteiger partial charge in [-0.3, -0.25) is 0 Å². The van der Waals surface area contributed by atoms with E-state index in [1.165, 1.54) is 7.11 Å². The summed E-state index contributed by atoms with van der Waals surface area (Å²) in [7, 11) is 1.41. The van der Waals surface area contributed by atoms with Crippen LogP contribution in [0.4, 0.5) is 4.39 Å². The van der Waals surface area contributed by atoms with Crippen molar-refractivity contribution in [2.24, 2.45) is 0 Å². The molecule has 1 aromatic heterocycles. The molecule has 0 amide bonds. The predicted molar refractivity (Wildman–Crippen MR) is 60.9 cm³/mol. The molecule has 14 heavy (non-hydrogen) atoms. The summed E-state index contributed by atoms with van der Waals surface area (Å²) in [6.45, 7) is 5.50. The van der Waals surface area contributed by atoms with E-state index >= 15 is 0 Å². The first-order valence-corrected chi connectivity index (χ1v) is 5.32. The number of pyridine rings is 1. The van der Waals surface area contributed by atoms with Crippen LogP contribution in [0.5, 0.6) is 5.75 Å². The summed E-state index contributed by atoms with van der Waals surface area (Å²) >= 11 is 6.22. The normalized spacial score (nSPS) is 10.1. The van der Waals surface area contributed by atoms with Crippen LogP contribution >= 0.6 is 31.9 Å². The van der Waals surface area contributed by atoms with Crippen molar-refractivity contribution in [3.63, 3.8) is 0 Å². The molecule has 1 aromatic rings. The molecule has 1 heterocycles. The van der Waals surface area contributed by atoms with Gasteiger partial charge < -0.3 is 4.74 Å². The fraction of sp³-hybridized carbons (Fsp3) is 0.222. The molecule has 76 valence electrons. The van der Waals surface area contributed by atoms with E-state index < -0.39 is 5.82 Å². The lowest BCUT2D eigenvalue weighted by molar-refractivity contribution is 0.381. The Morgan fingerprint density at radius 3 is 2.43 bits per heavy atom. The lowest BCUT2D eigenvalue weighted by atomic mass is 10.1. The van der Waals surface area contributed by atoms with Crippen LogP contribution in [0.1, 0.15) is 12.5 Å². The van der Waals surface area contributed by atoms with Gasteiger partial charge in [0.25, 0.3) is 0 Å². The van der Waals surface area contributed by atoms with Gasteiger partial charge in [-0.2, -0.15) is 4.39 Å². The second kappa shape index (κ2) is 4.40. The van der Waals surface area contributed by atoms with Crippen molar-refractivity contribution in [3.05, 3.63) is 27.2 Å². The van der Waals surface area contributed by atoms with Gasteiger partial charge in [0.15, 0.2) is 11.6 Å². The molecule has 0 saturated heterocycles. The second-order valence-electron chi connectivity index (χ2n) is 2.70. The van der Waals surface area contributed by atoms with E-state index in [9.17, 15) is 4.39 Å². The first kappa shape index (κ1) is 11.7. The molecule has 0 aliphatic heterocycles. The zero-order valence-electron chi connectivity index (χ0n) is 7.70. The highest BCUT2D eigenvalue weighted by molar-refractivity contribution is 9.11. The van der Waals surface area contributed by atoms with E-state index in [0.717, 1.165) is 0 Å². The third-order valence-corrected chi connectivity index (χ3v) is 2.74. The fourth-order valence-electron chi connectivity index (χ4n) is 1.05. The zero-order chi connectivity index (χ0) is 10.9. The molecule has 0 aromatic carbocycles. The van der Waals surface area contributed by atoms with E-state index in [0.29, 0.717) is 15.7 Å². The quantitative estimate of drug-likeness (QED) is 0.772. The number of ether oxygens (including phenoxy) is 1. The molecule has 0 aliphatic carbocycles. The third kappa shape index (κ3) is 1.98. The summed E-state index contributed by atoms with van der Waals surface area (Å²) in [6.07, 6.45) is 0. The molecule has 0 fully saturated rings. The Hall–Kier alpha value is -0.420. The van der Waals surface area contributed by atoms with Crippen molar-refractivity contribution in [1.82, 2.24) is 4.98 Å². The van der Waals surface area contributed by atoms with Gasteiger partial charge in [0.2, 0.25) is 0 Å². The SMILES string of the molecule is C=C(C)c1c(Br)nc(Br)c(F)c1OC. The van der Waals surface area contributed by atoms with E-state index in [2.05, 4.69) is 43.4 Å². The Labute approximate surface area is 98.4 Å². The molecule has 0 N–H and O–H groups in total. The number of rotatable bonds is 2. The summed E-state index contributed by atoms with van der Waals surface area (Å²) in [5.41, 5.74) is 1.24. The minimum absolute atomic E-state index is 0.117. The lowest BCUT2D eigenvalue weighted by Gasteiger charge is -2.11. The standard InChI is InChI=1S/C9H8Br2FNO/c1-4(2)5-7(14-3)6(12)9(11)13-8(5)10/h1H2,2-3H3. The van der Waals surface area contributed by atoms with Gasteiger partial charge in [0, 0.05) is 0 Å². The number of halogens is 3. The Balaban J connectivity index is 3.55. The number of nitrogens with zero attached hydrogens (tertiary/aromatic N) is 1. The van der Waals surface area contributed by atoms with Gasteiger partial charge in [-0.1, -0.05) is 6.58 Å². The maximum Gasteiger partial charge on any atom is 0.198 e. The Morgan fingerprint density at radius 1 is 1.43 bits per heavy atom. The molecule has 0 spiro atoms. The number of allylic oxidation sites excluding steroid dienone is 1. The smallest absolute Gasteiger partial charge is 0.198 e. The molecule has 5 heteroatoms. The van der Waals surface area contributed by atoms with Crippen LogP contribution in [0.2, 0.25) is 0 Å². The van der Waals surface area contributed by atoms with Crippen LogP contribution in [0.15, 0.2) is 15.8 Å². The minimum Gasteiger partial charge on any atom is -0.493 e. The largest absolute Gasteiger partial charge is 0.493 e. The van der Waals surface area contributed by atoms with Gasteiger partial charge >= 0.3 is 0 Å². The summed E-state index contributed by atoms with van der Waals surface area (Å²) in [6, 6.07) is 0. The average molecular weight is 325 g/mol. The maximum absolute atomic E-state index is 13.5. The summed E-state index contributed by atoms with van der Waals surface area (Å²) < 4.78 is 19.1. The Kier molecular flexibility index (Phi) is 3.66. The van der Waals surface area contributed by atoms with Crippen LogP contribution in [-0.2, 0) is 0 Å². The highest BCUT2D eigenvalue weighted by Crippen LogP contribution is 2.36. The Bertz CT molecular complexity index is 393. The molecule has 0 aliphatic rings. The highest BCUT2D eigenvalue weighted by atomic mass is 79.9. The summed E-state index contributed by atoms with van der Waals surface area (Å²) in [5, 5.41) is 0. The number of methoxy groups -OCH3 is 1. The van der Waals surface area contributed by atoms with Crippen molar-refractivity contribution in [1.29, 1.82) is 0 Å². The van der Waals surface area contributed by atoms with Crippen molar-refractivity contribution in [2.75, 3.05) is 7.11 Å². The Morgan fingerprint density at radius 2 is 2.00 bits per heavy atom. The molecule has 0 atom stereocenters. The molecule has 2 nitrogen and oxygen atoms in total. The molecule has 0 unspecified atom stereocenters. The number of aromatic nitrogens is 1. The van der Waals surface area contributed by atoms with Crippen LogP contribution in [0, 0.1) is 5.82 Å². The zero-order valence-corrected chi connectivity index (χ0v) is 10.9. The van der Waals surface area contributed by atoms with Crippen LogP contribution < -0.4 is 4.74 Å². The van der Waals surface area contributed by atoms with Crippen molar-refractivity contribution >= 4 is 37.4 Å². The van der Waals surface area contributed by atoms with Crippen LogP contribution in [0.3, 0.4) is 0 Å². The van der Waals surface area contributed by atoms with E-state index in [1.807, 2.05) is 0 Å². The van der Waals surface area contributed by atoms with Crippen molar-refractivity contribution in [2.45, 2.75) is 6.92 Å². The molecule has 0 radical (unpaired) electrons. The molecule has 1 rings (SSSR count). The monoisotopic (exact) mass is 323 g/mol. The predicted octanol–water partition coefficient (Wildman–Crippen LogP) is 3.79. The maximum atomic E-state index is 13.5. The first-order chi connectivity index (χ1) is 6.49. The van der Waals surface area contributed by atoms with Crippen LogP contribution in [0.25, 0.3) is 5.57 Å². The molecule has 0 bridgehead atoms. The summed E-state index contributed by atoms with van der Waals surface area (Å²) in [4.78, 5) is 3.92. The van der Waals surface area contributed by atoms with Crippen molar-refractivity contribution in [3.8, 4) is 5.75 Å². The van der Waals surface area contributed by atoms with E-state index in [1.54, 1.807) is 6.92 Å². The van der Waals surface area contributed by atoms with E-state index in [4.69, 9.17) is 4.74 Å². The minimum atomic E-state index is -0.520. The fourth-order valence-corrected chi connectivity index (χ4v) is 2.34. The van der Waals surface area contributed by atoms with Gasteiger partial charge in [0.05, 0.1) is 12.7 Å². The summed E-state index contributed by atoms with van der Waals surface area (Å²) in [5.74, 6) is -0.375. The van der Waals surface area contributed by atoms with E-state index in [-0.39, 0.29) is 10.4 Å². The highest BCUT2D eigenvalue weighted by Gasteiger charge is 2.18. The molecule has 0 saturated carbocycles. The lowest BCUT2D eigenvalue weighted by Crippen LogP contribution is -1.98. The van der Waals surface area contributed by atoms with Crippen LogP contribution in [-0.4, -0.2) is 12.1 Å². The van der Waals surface area contributed by atoms with Gasteiger partial charge in [0.1, 0.15) is 9.21 Å². The first-order valence-electron chi connectivity index (χ1n) is 3.73. The van der Waals surface area contributed by atoms with Crippen molar-refractivity contribution < 1.29 is 9.13 Å². The number of hydrogen-bond acceptors (Lipinski definition) is 2. The van der Waals surface area contributed by atoms with Gasteiger partial charge in [-0.15, -0.1) is 0 Å². The van der Waals surface area contributed by atoms with Gasteiger partial charge in [-0.25, -0.2) is 4.98 Å².